The number of nitrogens with two attached hydrogens (primary N) is 2. The summed E-state index contributed by atoms with van der Waals surface area (Å²) >= 11 is 0. The summed E-state index contributed by atoms with van der Waals surface area (Å²) in [5.41, 5.74) is 9.38. The van der Waals surface area contributed by atoms with Gasteiger partial charge in [0.2, 0.25) is 0 Å². The quantitative estimate of drug-likeness (QED) is 0.333. The molecule has 2 rings (SSSR count). The molecule has 38 heavy (non-hydrogen) atoms. The summed E-state index contributed by atoms with van der Waals surface area (Å²) in [5, 5.41) is 25.1. The number of carbonyl (C=O) groups excluding carboxylic acids is 2. The second kappa shape index (κ2) is 12.5. The zero-order chi connectivity index (χ0) is 28.8. The number of ketones is 1. The molecule has 0 aromatic carbocycles. The van der Waals surface area contributed by atoms with Crippen LogP contribution >= 0.6 is 0 Å². The van der Waals surface area contributed by atoms with E-state index in [-0.39, 0.29) is 11.4 Å². The summed E-state index contributed by atoms with van der Waals surface area (Å²) in [4.78, 5) is 25.8. The molecule has 1 aliphatic rings. The number of hydrogen-bond donors (Lipinski definition) is 4. The van der Waals surface area contributed by atoms with Gasteiger partial charge in [-0.05, 0) is 26.3 Å². The molecule has 1 aliphatic heterocycles. The van der Waals surface area contributed by atoms with E-state index < -0.39 is 78.5 Å². The zero-order valence-corrected chi connectivity index (χ0v) is 21.4. The Hall–Kier alpha value is -3.22. The number of aliphatic hydroxyl groups excluding tert-OH is 2. The number of ether oxygens (including phenoxy) is 1. The normalized spacial score (nSPS) is 33.2. The van der Waals surface area contributed by atoms with E-state index in [0.717, 1.165) is 12.2 Å². The molecular formula is C26H34F3N3O6. The Morgan fingerprint density at radius 2 is 1.97 bits per heavy atom. The summed E-state index contributed by atoms with van der Waals surface area (Å²) in [7, 11) is 0. The van der Waals surface area contributed by atoms with E-state index in [1.165, 1.54) is 38.1 Å². The fraction of sp³-hybridized carbons (Fsp3) is 0.500. The van der Waals surface area contributed by atoms with E-state index in [1.807, 2.05) is 0 Å². The van der Waals surface area contributed by atoms with Gasteiger partial charge in [0.05, 0.1) is 35.8 Å². The zero-order valence-electron chi connectivity index (χ0n) is 21.4. The lowest BCUT2D eigenvalue weighted by Gasteiger charge is -2.34. The molecule has 6 N–H and O–H groups in total. The maximum absolute atomic E-state index is 13.7. The highest BCUT2D eigenvalue weighted by molar-refractivity contribution is 5.93. The van der Waals surface area contributed by atoms with E-state index in [4.69, 9.17) is 20.7 Å². The maximum atomic E-state index is 13.7. The van der Waals surface area contributed by atoms with Gasteiger partial charge >= 0.3 is 12.1 Å². The van der Waals surface area contributed by atoms with Gasteiger partial charge in [-0.25, -0.2) is 0 Å². The first kappa shape index (κ1) is 31.0. The molecule has 1 aromatic rings. The number of allylic oxidation sites excluding steroid dienone is 2. The van der Waals surface area contributed by atoms with E-state index in [9.17, 15) is 33.0 Å². The Labute approximate surface area is 218 Å². The number of aryl methyl sites for hydroxylation is 1. The van der Waals surface area contributed by atoms with Crippen molar-refractivity contribution in [2.75, 3.05) is 0 Å². The van der Waals surface area contributed by atoms with Crippen LogP contribution in [0.5, 0.6) is 0 Å². The van der Waals surface area contributed by atoms with Crippen LogP contribution in [0.4, 0.5) is 13.2 Å². The van der Waals surface area contributed by atoms with E-state index in [1.54, 1.807) is 6.92 Å². The standard InChI is InChI=1S/C26H34F3N3O6/c1-5-18-23(35)14(2)7-6-8-16(26(27,28)29)9-10-20(19(30)12-17-11-15(3)38-32-17)37-22(34)13-21(33)25(4,31)24(18)36/h5-7,9,11-12,14,18,20-21,23,33,35H,1,8,10,13,30-31H2,2-4H3/b7-6+,16-9+,19-12-/t14?,18?,20?,21-,23?,25?/m0/s1. The molecule has 0 radical (unpaired) electrons. The molecule has 2 heterocycles. The predicted octanol–water partition coefficient (Wildman–Crippen LogP) is 2.87. The number of alkyl halides is 3. The van der Waals surface area contributed by atoms with Gasteiger partial charge in [0.25, 0.3) is 0 Å². The van der Waals surface area contributed by atoms with Crippen LogP contribution in [0.3, 0.4) is 0 Å². The number of esters is 1. The third-order valence-electron chi connectivity index (χ3n) is 6.37. The van der Waals surface area contributed by atoms with Crippen molar-refractivity contribution in [1.29, 1.82) is 0 Å². The highest BCUT2D eigenvalue weighted by Crippen LogP contribution is 2.31. The average Bonchev–Trinajstić information content (AvgIpc) is 3.23. The van der Waals surface area contributed by atoms with Crippen molar-refractivity contribution in [2.45, 2.75) is 70.1 Å². The predicted molar refractivity (Wildman–Crippen MR) is 133 cm³/mol. The SMILES string of the molecule is C=CC1C(=O)C(C)(N)[C@@H](O)CC(=O)OC(/C(N)=C/c2cc(C)on2)C/C=C(/C(F)(F)F)C/C=C/C(C)C1O. The Balaban J connectivity index is 2.53. The summed E-state index contributed by atoms with van der Waals surface area (Å²) < 4.78 is 51.5. The van der Waals surface area contributed by atoms with Crippen LogP contribution < -0.4 is 11.5 Å². The monoisotopic (exact) mass is 541 g/mol. The van der Waals surface area contributed by atoms with Gasteiger partial charge in [-0.3, -0.25) is 9.59 Å². The van der Waals surface area contributed by atoms with Gasteiger partial charge < -0.3 is 30.9 Å². The lowest BCUT2D eigenvalue weighted by Crippen LogP contribution is -2.59. The molecule has 0 amide bonds. The van der Waals surface area contributed by atoms with E-state index in [2.05, 4.69) is 11.7 Å². The molecule has 12 heteroatoms. The van der Waals surface area contributed by atoms with Crippen LogP contribution in [-0.4, -0.2) is 57.1 Å². The summed E-state index contributed by atoms with van der Waals surface area (Å²) in [6.07, 6.45) is -5.09. The maximum Gasteiger partial charge on any atom is 0.412 e. The van der Waals surface area contributed by atoms with Crippen molar-refractivity contribution in [3.05, 3.63) is 59.7 Å². The van der Waals surface area contributed by atoms with Crippen LogP contribution in [0.25, 0.3) is 6.08 Å². The highest BCUT2D eigenvalue weighted by atomic mass is 19.4. The first-order chi connectivity index (χ1) is 17.6. The lowest BCUT2D eigenvalue weighted by atomic mass is 9.77. The number of cyclic esters (lactones) is 1. The Morgan fingerprint density at radius 3 is 2.53 bits per heavy atom. The third-order valence-corrected chi connectivity index (χ3v) is 6.37. The van der Waals surface area contributed by atoms with Gasteiger partial charge in [0, 0.05) is 24.0 Å². The smallest absolute Gasteiger partial charge is 0.412 e. The van der Waals surface area contributed by atoms with Gasteiger partial charge in [-0.1, -0.05) is 36.4 Å². The van der Waals surface area contributed by atoms with Gasteiger partial charge in [-0.2, -0.15) is 13.2 Å². The molecule has 210 valence electrons. The average molecular weight is 542 g/mol. The molecule has 0 aliphatic carbocycles. The number of nitrogens with zero attached hydrogens (tertiary/aromatic N) is 1. The second-order valence-electron chi connectivity index (χ2n) is 9.56. The van der Waals surface area contributed by atoms with Crippen molar-refractivity contribution in [2.24, 2.45) is 23.3 Å². The number of hydrogen-bond acceptors (Lipinski definition) is 9. The number of halogens is 3. The molecule has 0 bridgehead atoms. The molecule has 0 saturated heterocycles. The number of rotatable bonds is 3. The first-order valence-electron chi connectivity index (χ1n) is 11.9. The van der Waals surface area contributed by atoms with Crippen molar-refractivity contribution in [1.82, 2.24) is 5.16 Å². The molecule has 6 atom stereocenters. The van der Waals surface area contributed by atoms with Crippen LogP contribution in [-0.2, 0) is 14.3 Å². The van der Waals surface area contributed by atoms with E-state index in [0.29, 0.717) is 5.76 Å². The summed E-state index contributed by atoms with van der Waals surface area (Å²) in [6.45, 7) is 7.89. The van der Waals surface area contributed by atoms with Crippen LogP contribution in [0, 0.1) is 18.8 Å². The van der Waals surface area contributed by atoms with Crippen molar-refractivity contribution in [3.8, 4) is 0 Å². The number of aromatic nitrogens is 1. The molecule has 0 saturated carbocycles. The first-order valence-corrected chi connectivity index (χ1v) is 11.9. The number of Topliss-reactive ketones (excluding diaryl/α,β-unsaturated/α-hetero) is 1. The minimum Gasteiger partial charge on any atom is -0.456 e. The molecular weight excluding hydrogens is 507 g/mol. The minimum atomic E-state index is -4.70. The molecule has 9 nitrogen and oxygen atoms in total. The fourth-order valence-corrected chi connectivity index (χ4v) is 3.89. The Kier molecular flexibility index (Phi) is 10.2. The number of carbonyl (C=O) groups is 2. The van der Waals surface area contributed by atoms with Crippen LogP contribution in [0.15, 0.2) is 52.7 Å². The molecule has 5 unspecified atom stereocenters. The number of aliphatic hydroxyl groups is 2. The molecule has 1 aromatic heterocycles. The van der Waals surface area contributed by atoms with Crippen molar-refractivity contribution < 1.29 is 42.2 Å². The van der Waals surface area contributed by atoms with Crippen molar-refractivity contribution >= 4 is 17.8 Å². The van der Waals surface area contributed by atoms with Crippen LogP contribution in [0.1, 0.15) is 44.6 Å². The second-order valence-corrected chi connectivity index (χ2v) is 9.56. The topological polar surface area (TPSA) is 162 Å². The summed E-state index contributed by atoms with van der Waals surface area (Å²) in [5.74, 6) is -3.44. The van der Waals surface area contributed by atoms with Gasteiger partial charge in [0.15, 0.2) is 5.78 Å². The van der Waals surface area contributed by atoms with Crippen LogP contribution in [0.2, 0.25) is 0 Å². The molecule has 0 spiro atoms. The van der Waals surface area contributed by atoms with Gasteiger partial charge in [0.1, 0.15) is 17.6 Å². The summed E-state index contributed by atoms with van der Waals surface area (Å²) in [6, 6.07) is 1.52. The lowest BCUT2D eigenvalue weighted by molar-refractivity contribution is -0.151. The Morgan fingerprint density at radius 1 is 1.32 bits per heavy atom. The molecule has 0 fully saturated rings. The van der Waals surface area contributed by atoms with Gasteiger partial charge in [-0.15, -0.1) is 6.58 Å². The fourth-order valence-electron chi connectivity index (χ4n) is 3.89. The largest absolute Gasteiger partial charge is 0.456 e. The Bertz CT molecular complexity index is 1110. The van der Waals surface area contributed by atoms with Crippen molar-refractivity contribution in [3.63, 3.8) is 0 Å². The minimum absolute atomic E-state index is 0.120. The van der Waals surface area contributed by atoms with E-state index >= 15 is 0 Å². The highest BCUT2D eigenvalue weighted by Gasteiger charge is 2.43. The third kappa shape index (κ3) is 7.89.